The lowest BCUT2D eigenvalue weighted by atomic mass is 9.99. The Morgan fingerprint density at radius 1 is 1.12 bits per heavy atom. The van der Waals surface area contributed by atoms with Crippen LogP contribution in [-0.2, 0) is 16.9 Å². The van der Waals surface area contributed by atoms with E-state index in [0.717, 1.165) is 31.5 Å². The van der Waals surface area contributed by atoms with Crippen LogP contribution < -0.4 is 5.32 Å². The maximum absolute atomic E-state index is 11.6. The Bertz CT molecular complexity index is 999. The number of piperidine rings is 1. The van der Waals surface area contributed by atoms with E-state index in [1.165, 1.54) is 24.7 Å². The van der Waals surface area contributed by atoms with E-state index in [1.807, 2.05) is 30.3 Å². The molecule has 33 heavy (non-hydrogen) atoms. The van der Waals surface area contributed by atoms with Gasteiger partial charge in [-0.05, 0) is 30.4 Å². The number of benzene rings is 1. The third-order valence-electron chi connectivity index (χ3n) is 6.33. The maximum Gasteiger partial charge on any atom is 0.208 e. The topological polar surface area (TPSA) is 136 Å². The lowest BCUT2D eigenvalue weighted by Crippen LogP contribution is -2.34. The fourth-order valence-electron chi connectivity index (χ4n) is 4.57. The van der Waals surface area contributed by atoms with Gasteiger partial charge in [0, 0.05) is 19.5 Å². The largest absolute Gasteiger partial charge is 0.394 e. The van der Waals surface area contributed by atoms with E-state index in [0.29, 0.717) is 16.7 Å². The van der Waals surface area contributed by atoms with Crippen molar-refractivity contribution in [1.82, 2.24) is 13.9 Å². The van der Waals surface area contributed by atoms with Gasteiger partial charge in [0.05, 0.1) is 12.9 Å². The normalized spacial score (nSPS) is 32.0. The second kappa shape index (κ2) is 9.34. The van der Waals surface area contributed by atoms with Crippen molar-refractivity contribution in [2.24, 2.45) is 4.99 Å². The molecule has 2 aromatic rings. The van der Waals surface area contributed by atoms with Gasteiger partial charge in [0.15, 0.2) is 11.4 Å². The summed E-state index contributed by atoms with van der Waals surface area (Å²) in [5.74, 6) is 0.442. The van der Waals surface area contributed by atoms with Crippen molar-refractivity contribution in [2.75, 3.05) is 25.0 Å². The highest BCUT2D eigenvalue weighted by Gasteiger charge is 2.48. The third kappa shape index (κ3) is 4.30. The number of fused-ring (bicyclic) bond motifs is 1. The Labute approximate surface area is 196 Å². The zero-order valence-corrected chi connectivity index (χ0v) is 18.9. The first-order valence-corrected chi connectivity index (χ1v) is 12.0. The van der Waals surface area contributed by atoms with Crippen LogP contribution in [0.15, 0.2) is 40.5 Å². The van der Waals surface area contributed by atoms with E-state index < -0.39 is 36.9 Å². The quantitative estimate of drug-likeness (QED) is 0.385. The average Bonchev–Trinajstić information content (AvgIpc) is 3.33. The summed E-state index contributed by atoms with van der Waals surface area (Å²) in [7, 11) is 0. The molecule has 2 saturated heterocycles. The van der Waals surface area contributed by atoms with E-state index in [2.05, 4.69) is 14.6 Å². The molecule has 0 bridgehead atoms. The molecule has 5 atom stereocenters. The lowest BCUT2D eigenvalue weighted by molar-refractivity contribution is -0.0557. The summed E-state index contributed by atoms with van der Waals surface area (Å²) in [6.45, 7) is 1.37. The van der Waals surface area contributed by atoms with Gasteiger partial charge in [-0.1, -0.05) is 36.8 Å². The second-order valence-electron chi connectivity index (χ2n) is 8.65. The van der Waals surface area contributed by atoms with Gasteiger partial charge in [-0.2, -0.15) is 0 Å². The number of aliphatic imine (C=N–C) groups is 1. The fraction of sp³-hybridized carbons (Fsp3) is 0.545. The van der Waals surface area contributed by atoms with Gasteiger partial charge >= 0.3 is 0 Å². The van der Waals surface area contributed by atoms with E-state index >= 15 is 0 Å². The van der Waals surface area contributed by atoms with Crippen molar-refractivity contribution in [3.05, 3.63) is 41.6 Å². The molecule has 0 saturated carbocycles. The third-order valence-corrected chi connectivity index (χ3v) is 7.40. The molecule has 5 rings (SSSR count). The summed E-state index contributed by atoms with van der Waals surface area (Å²) in [6, 6.07) is 9.55. The highest BCUT2D eigenvalue weighted by molar-refractivity contribution is 7.96. The number of nitrogens with one attached hydrogen (secondary N) is 1. The monoisotopic (exact) mass is 475 g/mol. The summed E-state index contributed by atoms with van der Waals surface area (Å²) in [5, 5.41) is 45.8. The van der Waals surface area contributed by atoms with E-state index in [-0.39, 0.29) is 6.42 Å². The molecule has 0 amide bonds. The fourth-order valence-corrected chi connectivity index (χ4v) is 5.65. The van der Waals surface area contributed by atoms with Crippen LogP contribution in [0, 0.1) is 0 Å². The van der Waals surface area contributed by atoms with Crippen molar-refractivity contribution >= 4 is 24.1 Å². The zero-order chi connectivity index (χ0) is 23.0. The van der Waals surface area contributed by atoms with Crippen LogP contribution in [0.4, 0.5) is 5.82 Å². The summed E-state index contributed by atoms with van der Waals surface area (Å²) >= 11 is 1.43. The highest BCUT2D eigenvalue weighted by Crippen LogP contribution is 2.43. The second-order valence-corrected chi connectivity index (χ2v) is 9.72. The highest BCUT2D eigenvalue weighted by atomic mass is 32.2. The molecule has 10 nitrogen and oxygen atoms in total. The van der Waals surface area contributed by atoms with E-state index in [9.17, 15) is 20.4 Å². The maximum atomic E-state index is 11.6. The molecular formula is C22H29N5O5S. The van der Waals surface area contributed by atoms with Crippen LogP contribution in [0.2, 0.25) is 0 Å². The number of aromatic nitrogens is 2. The molecule has 11 heteroatoms. The molecule has 3 aliphatic heterocycles. The number of rotatable bonds is 6. The Morgan fingerprint density at radius 3 is 2.58 bits per heavy atom. The first-order chi connectivity index (χ1) is 16.0. The summed E-state index contributed by atoms with van der Waals surface area (Å²) in [5.41, 5.74) is -0.382. The Hall–Kier alpha value is -1.99. The van der Waals surface area contributed by atoms with Gasteiger partial charge in [-0.25, -0.2) is 14.3 Å². The Kier molecular flexibility index (Phi) is 6.45. The van der Waals surface area contributed by atoms with Gasteiger partial charge in [0.25, 0.3) is 0 Å². The Morgan fingerprint density at radius 2 is 1.88 bits per heavy atom. The molecule has 0 spiro atoms. The molecule has 0 aliphatic carbocycles. The number of ether oxygens (including phenoxy) is 1. The van der Waals surface area contributed by atoms with Crippen molar-refractivity contribution in [2.45, 2.75) is 61.1 Å². The molecule has 4 heterocycles. The van der Waals surface area contributed by atoms with E-state index in [4.69, 9.17) is 9.72 Å². The first-order valence-electron chi connectivity index (χ1n) is 11.2. The number of anilines is 1. The average molecular weight is 476 g/mol. The molecule has 2 fully saturated rings. The molecule has 178 valence electrons. The van der Waals surface area contributed by atoms with Gasteiger partial charge in [0.2, 0.25) is 5.72 Å². The predicted molar refractivity (Wildman–Crippen MR) is 123 cm³/mol. The minimum absolute atomic E-state index is 0.222. The summed E-state index contributed by atoms with van der Waals surface area (Å²) < 4.78 is 9.70. The van der Waals surface area contributed by atoms with Gasteiger partial charge < -0.3 is 30.5 Å². The molecular weight excluding hydrogens is 446 g/mol. The minimum Gasteiger partial charge on any atom is -0.394 e. The number of hydrogen-bond acceptors (Lipinski definition) is 10. The lowest BCUT2D eigenvalue weighted by Gasteiger charge is -2.28. The van der Waals surface area contributed by atoms with E-state index in [1.54, 1.807) is 4.57 Å². The van der Waals surface area contributed by atoms with Crippen LogP contribution in [0.25, 0.3) is 0 Å². The first kappa shape index (κ1) is 22.8. The molecule has 1 aromatic carbocycles. The predicted octanol–water partition coefficient (Wildman–Crippen LogP) is 0.829. The molecule has 1 unspecified atom stereocenters. The van der Waals surface area contributed by atoms with Crippen LogP contribution in [0.3, 0.4) is 0 Å². The molecule has 5 N–H and O–H groups in total. The number of hydrogen-bond donors (Lipinski definition) is 5. The molecule has 3 aliphatic rings. The van der Waals surface area contributed by atoms with Gasteiger partial charge in [-0.15, -0.1) is 0 Å². The number of aliphatic hydroxyl groups is 4. The molecule has 1 aromatic heterocycles. The van der Waals surface area contributed by atoms with Crippen LogP contribution in [0.5, 0.6) is 0 Å². The van der Waals surface area contributed by atoms with Crippen LogP contribution in [0.1, 0.15) is 36.7 Å². The van der Waals surface area contributed by atoms with Gasteiger partial charge in [-0.3, -0.25) is 4.57 Å². The smallest absolute Gasteiger partial charge is 0.208 e. The minimum atomic E-state index is -1.61. The van der Waals surface area contributed by atoms with Crippen LogP contribution in [-0.4, -0.2) is 78.6 Å². The summed E-state index contributed by atoms with van der Waals surface area (Å²) in [6.07, 6.45) is 0.566. The zero-order valence-electron chi connectivity index (χ0n) is 18.1. The number of aliphatic hydroxyl groups excluding tert-OH is 3. The SMILES string of the molecule is OC[C@H]1O[C@@H](n2c(SN3CCCCC3)nc3c2NC=NC3(O)Cc2ccccc2)[C@H](O)[C@@H]1O. The Balaban J connectivity index is 1.55. The van der Waals surface area contributed by atoms with Crippen molar-refractivity contribution in [1.29, 1.82) is 0 Å². The van der Waals surface area contributed by atoms with Crippen molar-refractivity contribution < 1.29 is 25.2 Å². The van der Waals surface area contributed by atoms with Crippen molar-refractivity contribution in [3.8, 4) is 0 Å². The van der Waals surface area contributed by atoms with Crippen molar-refractivity contribution in [3.63, 3.8) is 0 Å². The standard InChI is InChI=1S/C22H29N5O5S/c28-12-15-16(29)17(30)20(32-15)27-19-18(25-21(27)33-26-9-5-2-6-10-26)22(31,24-13-23-19)11-14-7-3-1-4-8-14/h1,3-4,7-8,13,15-17,20,28-31H,2,5-6,9-12H2,(H,23,24)/t15-,16-,17-,20-,22?/m1/s1. The number of nitrogens with zero attached hydrogens (tertiary/aromatic N) is 4. The van der Waals surface area contributed by atoms with Crippen LogP contribution >= 0.6 is 11.9 Å². The molecule has 0 radical (unpaired) electrons. The van der Waals surface area contributed by atoms with Gasteiger partial charge in [0.1, 0.15) is 29.8 Å². The number of imidazole rings is 1. The summed E-state index contributed by atoms with van der Waals surface area (Å²) in [4.78, 5) is 9.09.